The molecule has 0 N–H and O–H groups in total. The van der Waals surface area contributed by atoms with Gasteiger partial charge in [0, 0.05) is 18.9 Å². The number of benzene rings is 3. The van der Waals surface area contributed by atoms with Crippen LogP contribution < -0.4 is 15.3 Å². The minimum Gasteiger partial charge on any atom is -0.351 e. The van der Waals surface area contributed by atoms with Crippen molar-refractivity contribution in [2.45, 2.75) is 70.9 Å². The van der Waals surface area contributed by atoms with Gasteiger partial charge in [-0.2, -0.15) is 0 Å². The molecule has 0 aliphatic carbocycles. The predicted octanol–water partition coefficient (Wildman–Crippen LogP) is 8.04. The molecule has 0 bridgehead atoms. The first-order valence-electron chi connectivity index (χ1n) is 13.0. The monoisotopic (exact) mass is 469 g/mol. The zero-order valence-electron chi connectivity index (χ0n) is 22.1. The van der Waals surface area contributed by atoms with Crippen LogP contribution in [0.25, 0.3) is 0 Å². The van der Waals surface area contributed by atoms with E-state index >= 15 is 0 Å². The second-order valence-electron chi connectivity index (χ2n) is 10.5. The third kappa shape index (κ3) is 5.39. The Kier molecular flexibility index (Phi) is 8.96. The van der Waals surface area contributed by atoms with Gasteiger partial charge in [-0.1, -0.05) is 142 Å². The molecule has 3 rings (SSSR count). The summed E-state index contributed by atoms with van der Waals surface area (Å²) < 4.78 is 0. The van der Waals surface area contributed by atoms with E-state index in [1.165, 1.54) is 18.5 Å². The Morgan fingerprint density at radius 3 is 1.65 bits per heavy atom. The zero-order valence-corrected chi connectivity index (χ0v) is 23.1. The van der Waals surface area contributed by atoms with Crippen LogP contribution in [0.3, 0.4) is 0 Å². The molecule has 0 aromatic heterocycles. The van der Waals surface area contributed by atoms with Crippen molar-refractivity contribution in [2.24, 2.45) is 0 Å². The van der Waals surface area contributed by atoms with E-state index in [1.807, 2.05) is 0 Å². The fourth-order valence-corrected chi connectivity index (χ4v) is 12.8. The van der Waals surface area contributed by atoms with E-state index < -0.39 is 8.07 Å². The van der Waals surface area contributed by atoms with E-state index in [2.05, 4.69) is 144 Å². The lowest BCUT2D eigenvalue weighted by Gasteiger charge is -2.50. The van der Waals surface area contributed by atoms with E-state index in [0.717, 1.165) is 12.8 Å². The maximum Gasteiger partial charge on any atom is 0.130 e. The fraction of sp³-hybridized carbons (Fsp3) is 0.375. The molecule has 0 saturated heterocycles. The van der Waals surface area contributed by atoms with E-state index in [1.54, 1.807) is 15.9 Å². The highest BCUT2D eigenvalue weighted by Crippen LogP contribution is 2.49. The summed E-state index contributed by atoms with van der Waals surface area (Å²) in [6, 6.07) is 33.7. The molecule has 2 heteroatoms. The largest absolute Gasteiger partial charge is 0.351 e. The van der Waals surface area contributed by atoms with Gasteiger partial charge < -0.3 is 4.90 Å². The van der Waals surface area contributed by atoms with E-state index in [0.29, 0.717) is 5.54 Å². The Labute approximate surface area is 209 Å². The first-order chi connectivity index (χ1) is 16.4. The maximum absolute atomic E-state index is 2.49. The standard InChI is InChI=1S/C32H43NSi/c1-7-18-27(26-33(6)28-20-12-9-13-21-28)31(19-8-2)34(32(3,4)5,29-22-14-10-15-23-29)30-24-16-11-17-25-30/h9-17,20-26,31H,7-8,18-19H2,1-6H3/b27-26+. The number of anilines is 1. The van der Waals surface area contributed by atoms with Crippen LogP contribution in [0.15, 0.2) is 103 Å². The molecule has 0 radical (unpaired) electrons. The first-order valence-corrected chi connectivity index (χ1v) is 15.0. The molecule has 0 saturated carbocycles. The Balaban J connectivity index is 2.32. The molecule has 1 atom stereocenters. The number of nitrogens with zero attached hydrogens (tertiary/aromatic N) is 1. The van der Waals surface area contributed by atoms with Gasteiger partial charge in [-0.3, -0.25) is 0 Å². The molecule has 1 nitrogen and oxygen atoms in total. The molecular weight excluding hydrogens is 426 g/mol. The van der Waals surface area contributed by atoms with Crippen molar-refractivity contribution >= 4 is 24.1 Å². The van der Waals surface area contributed by atoms with Gasteiger partial charge in [0.2, 0.25) is 0 Å². The summed E-state index contributed by atoms with van der Waals surface area (Å²) in [5.41, 5.74) is 3.37. The summed E-state index contributed by atoms with van der Waals surface area (Å²) in [5.74, 6) is 0. The highest BCUT2D eigenvalue weighted by atomic mass is 28.3. The SMILES string of the molecule is CCC/C(=C\N(C)c1ccccc1)C(CCC)[Si](c1ccccc1)(c1ccccc1)C(C)(C)C. The Hall–Kier alpha value is -2.58. The van der Waals surface area contributed by atoms with Crippen LogP contribution in [0.4, 0.5) is 5.69 Å². The minimum atomic E-state index is -2.26. The van der Waals surface area contributed by atoms with E-state index in [9.17, 15) is 0 Å². The van der Waals surface area contributed by atoms with Crippen LogP contribution in [-0.2, 0) is 0 Å². The quantitative estimate of drug-likeness (QED) is 0.272. The summed E-state index contributed by atoms with van der Waals surface area (Å²) in [6.07, 6.45) is 7.16. The zero-order chi connectivity index (χ0) is 24.6. The Morgan fingerprint density at radius 2 is 1.24 bits per heavy atom. The van der Waals surface area contributed by atoms with Crippen LogP contribution in [0, 0.1) is 0 Å². The molecule has 3 aromatic rings. The van der Waals surface area contributed by atoms with Gasteiger partial charge in [0.05, 0.1) is 0 Å². The predicted molar refractivity (Wildman–Crippen MR) is 154 cm³/mol. The van der Waals surface area contributed by atoms with E-state index in [4.69, 9.17) is 0 Å². The van der Waals surface area contributed by atoms with Crippen LogP contribution in [0.1, 0.15) is 60.3 Å². The van der Waals surface area contributed by atoms with Crippen molar-refractivity contribution in [2.75, 3.05) is 11.9 Å². The second-order valence-corrected chi connectivity index (χ2v) is 15.5. The smallest absolute Gasteiger partial charge is 0.130 e. The molecule has 0 spiro atoms. The highest BCUT2D eigenvalue weighted by Gasteiger charge is 2.53. The molecular formula is C32H43NSi. The summed E-state index contributed by atoms with van der Waals surface area (Å²) in [4.78, 5) is 2.34. The van der Waals surface area contributed by atoms with Crippen LogP contribution in [-0.4, -0.2) is 15.1 Å². The van der Waals surface area contributed by atoms with Gasteiger partial charge >= 0.3 is 0 Å². The average molecular weight is 470 g/mol. The second kappa shape index (κ2) is 11.7. The van der Waals surface area contributed by atoms with Crippen molar-refractivity contribution in [1.82, 2.24) is 0 Å². The van der Waals surface area contributed by atoms with Crippen LogP contribution in [0.5, 0.6) is 0 Å². The van der Waals surface area contributed by atoms with Crippen molar-refractivity contribution in [3.05, 3.63) is 103 Å². The van der Waals surface area contributed by atoms with Crippen molar-refractivity contribution in [1.29, 1.82) is 0 Å². The van der Waals surface area contributed by atoms with Gasteiger partial charge in [-0.05, 0) is 35.6 Å². The van der Waals surface area contributed by atoms with Gasteiger partial charge in [0.25, 0.3) is 0 Å². The normalized spacial score (nSPS) is 13.5. The summed E-state index contributed by atoms with van der Waals surface area (Å²) in [6.45, 7) is 12.2. The number of rotatable bonds is 10. The number of hydrogen-bond donors (Lipinski definition) is 0. The number of allylic oxidation sites excluding steroid dienone is 1. The molecule has 180 valence electrons. The third-order valence-corrected chi connectivity index (χ3v) is 13.8. The molecule has 1 unspecified atom stereocenters. The molecule has 0 heterocycles. The molecule has 0 amide bonds. The summed E-state index contributed by atoms with van der Waals surface area (Å²) >= 11 is 0. The van der Waals surface area contributed by atoms with Gasteiger partial charge in [0.1, 0.15) is 8.07 Å². The highest BCUT2D eigenvalue weighted by molar-refractivity contribution is 7.05. The Bertz CT molecular complexity index is 979. The van der Waals surface area contributed by atoms with Crippen molar-refractivity contribution in [3.8, 4) is 0 Å². The van der Waals surface area contributed by atoms with Crippen LogP contribution in [0.2, 0.25) is 10.6 Å². The molecule has 0 aliphatic rings. The summed E-state index contributed by atoms with van der Waals surface area (Å²) in [5, 5.41) is 3.25. The van der Waals surface area contributed by atoms with Gasteiger partial charge in [-0.25, -0.2) is 0 Å². The molecule has 0 aliphatic heterocycles. The molecule has 3 aromatic carbocycles. The topological polar surface area (TPSA) is 3.24 Å². The third-order valence-electron chi connectivity index (χ3n) is 7.25. The van der Waals surface area contributed by atoms with Crippen molar-refractivity contribution in [3.63, 3.8) is 0 Å². The first kappa shape index (κ1) is 26.0. The van der Waals surface area contributed by atoms with Gasteiger partial charge in [-0.15, -0.1) is 0 Å². The lowest BCUT2D eigenvalue weighted by molar-refractivity contribution is 0.659. The van der Waals surface area contributed by atoms with E-state index in [-0.39, 0.29) is 5.04 Å². The average Bonchev–Trinajstić information content (AvgIpc) is 2.84. The summed E-state index contributed by atoms with van der Waals surface area (Å²) in [7, 11) is -0.0551. The maximum atomic E-state index is 2.49. The minimum absolute atomic E-state index is 0.147. The fourth-order valence-electron chi connectivity index (χ4n) is 5.93. The van der Waals surface area contributed by atoms with Gasteiger partial charge in [0.15, 0.2) is 0 Å². The van der Waals surface area contributed by atoms with Crippen molar-refractivity contribution < 1.29 is 0 Å². The molecule has 34 heavy (non-hydrogen) atoms. The Morgan fingerprint density at radius 1 is 0.765 bits per heavy atom. The lowest BCUT2D eigenvalue weighted by Crippen LogP contribution is -2.67. The van der Waals surface area contributed by atoms with Crippen LogP contribution >= 0.6 is 0 Å². The number of para-hydroxylation sites is 1. The lowest BCUT2D eigenvalue weighted by atomic mass is 10.0. The molecule has 0 fully saturated rings. The number of hydrogen-bond acceptors (Lipinski definition) is 1.